The predicted octanol–water partition coefficient (Wildman–Crippen LogP) is 3.62. The van der Waals surface area contributed by atoms with Crippen molar-refractivity contribution in [2.24, 2.45) is 0 Å². The highest BCUT2D eigenvalue weighted by molar-refractivity contribution is 8.76. The first-order valence-corrected chi connectivity index (χ1v) is 6.36. The highest BCUT2D eigenvalue weighted by Gasteiger charge is 1.72. The lowest BCUT2D eigenvalue weighted by Gasteiger charge is -1.82. The van der Waals surface area contributed by atoms with Crippen LogP contribution in [0, 0.1) is 6.92 Å². The zero-order chi connectivity index (χ0) is 8.53. The topological polar surface area (TPSA) is 0 Å². The van der Waals surface area contributed by atoms with Gasteiger partial charge in [0, 0.05) is 0 Å². The zero-order valence-electron chi connectivity index (χ0n) is 7.20. The first-order valence-electron chi connectivity index (χ1n) is 3.39. The summed E-state index contributed by atoms with van der Waals surface area (Å²) in [6.07, 6.45) is 4.12. The number of hydrogen-bond acceptors (Lipinski definition) is 2. The molecule has 0 aromatic heterocycles. The summed E-state index contributed by atoms with van der Waals surface area (Å²) in [6, 6.07) is 10.3. The predicted molar refractivity (Wildman–Crippen MR) is 58.2 cm³/mol. The summed E-state index contributed by atoms with van der Waals surface area (Å²) in [7, 11) is 3.55. The van der Waals surface area contributed by atoms with Gasteiger partial charge in [-0.1, -0.05) is 57.5 Å². The third kappa shape index (κ3) is 7.82. The SMILES string of the molecule is CSSC.Cc1ccccc1. The fourth-order valence-corrected chi connectivity index (χ4v) is 0.534. The van der Waals surface area contributed by atoms with Gasteiger partial charge in [0.15, 0.2) is 0 Å². The third-order valence-corrected chi connectivity index (χ3v) is 2.44. The fourth-order valence-electron chi connectivity index (χ4n) is 0.534. The molecule has 1 aromatic carbocycles. The van der Waals surface area contributed by atoms with Crippen LogP contribution in [0.3, 0.4) is 0 Å². The molecule has 0 fully saturated rings. The summed E-state index contributed by atoms with van der Waals surface area (Å²) in [5, 5.41) is 0. The molecule has 0 N–H and O–H groups in total. The van der Waals surface area contributed by atoms with Crippen LogP contribution in [0.2, 0.25) is 0 Å². The second-order valence-electron chi connectivity index (χ2n) is 1.99. The molecule has 62 valence electrons. The van der Waals surface area contributed by atoms with E-state index in [0.717, 1.165) is 0 Å². The van der Waals surface area contributed by atoms with Crippen LogP contribution in [0.4, 0.5) is 0 Å². The van der Waals surface area contributed by atoms with Gasteiger partial charge in [0.25, 0.3) is 0 Å². The van der Waals surface area contributed by atoms with Crippen LogP contribution in [0.15, 0.2) is 30.3 Å². The van der Waals surface area contributed by atoms with Gasteiger partial charge < -0.3 is 0 Å². The number of rotatable bonds is 1. The Hall–Kier alpha value is -0.0800. The van der Waals surface area contributed by atoms with E-state index in [-0.39, 0.29) is 0 Å². The summed E-state index contributed by atoms with van der Waals surface area (Å²) >= 11 is 0. The Morgan fingerprint density at radius 2 is 1.36 bits per heavy atom. The van der Waals surface area contributed by atoms with E-state index in [2.05, 4.69) is 31.6 Å². The van der Waals surface area contributed by atoms with Gasteiger partial charge >= 0.3 is 0 Å². The van der Waals surface area contributed by atoms with Gasteiger partial charge in [-0.25, -0.2) is 0 Å². The van der Waals surface area contributed by atoms with Crippen molar-refractivity contribution in [1.82, 2.24) is 0 Å². The van der Waals surface area contributed by atoms with Crippen LogP contribution in [-0.4, -0.2) is 12.5 Å². The molecule has 0 aliphatic rings. The summed E-state index contributed by atoms with van der Waals surface area (Å²) < 4.78 is 0. The van der Waals surface area contributed by atoms with Gasteiger partial charge in [-0.2, -0.15) is 0 Å². The number of benzene rings is 1. The molecular weight excluding hydrogens is 172 g/mol. The van der Waals surface area contributed by atoms with Crippen molar-refractivity contribution >= 4 is 21.6 Å². The summed E-state index contributed by atoms with van der Waals surface area (Å²) in [6.45, 7) is 2.08. The number of aryl methyl sites for hydroxylation is 1. The minimum absolute atomic E-state index is 1.32. The molecule has 0 saturated carbocycles. The Labute approximate surface area is 77.2 Å². The van der Waals surface area contributed by atoms with Crippen molar-refractivity contribution < 1.29 is 0 Å². The Bertz CT molecular complexity index is 158. The molecule has 0 bridgehead atoms. The van der Waals surface area contributed by atoms with Crippen LogP contribution in [0.25, 0.3) is 0 Å². The second kappa shape index (κ2) is 8.02. The van der Waals surface area contributed by atoms with E-state index in [0.29, 0.717) is 0 Å². The molecule has 1 aromatic rings. The fraction of sp³-hybridized carbons (Fsp3) is 0.333. The molecule has 1 rings (SSSR count). The highest BCUT2D eigenvalue weighted by Crippen LogP contribution is 2.09. The van der Waals surface area contributed by atoms with E-state index >= 15 is 0 Å². The molecule has 0 radical (unpaired) electrons. The molecule has 0 saturated heterocycles. The van der Waals surface area contributed by atoms with E-state index in [9.17, 15) is 0 Å². The normalized spacial score (nSPS) is 8.27. The quantitative estimate of drug-likeness (QED) is 0.614. The molecular formula is C9H14S2. The largest absolute Gasteiger partial charge is 0.0979 e. The molecule has 0 aliphatic carbocycles. The van der Waals surface area contributed by atoms with Gasteiger partial charge in [0.1, 0.15) is 0 Å². The van der Waals surface area contributed by atoms with Crippen LogP contribution in [0.5, 0.6) is 0 Å². The van der Waals surface area contributed by atoms with Crippen LogP contribution < -0.4 is 0 Å². The lowest BCUT2D eigenvalue weighted by Crippen LogP contribution is -1.62. The average molecular weight is 186 g/mol. The third-order valence-electron chi connectivity index (χ3n) is 1.11. The Balaban J connectivity index is 0.000000218. The van der Waals surface area contributed by atoms with Crippen molar-refractivity contribution in [3.63, 3.8) is 0 Å². The monoisotopic (exact) mass is 186 g/mol. The van der Waals surface area contributed by atoms with E-state index in [4.69, 9.17) is 0 Å². The summed E-state index contributed by atoms with van der Waals surface area (Å²) in [5.41, 5.74) is 1.32. The van der Waals surface area contributed by atoms with Crippen molar-refractivity contribution in [2.75, 3.05) is 12.5 Å². The molecule has 0 nitrogen and oxygen atoms in total. The zero-order valence-corrected chi connectivity index (χ0v) is 8.84. The Morgan fingerprint density at radius 3 is 1.55 bits per heavy atom. The molecule has 0 aliphatic heterocycles. The Morgan fingerprint density at radius 1 is 0.909 bits per heavy atom. The van der Waals surface area contributed by atoms with Gasteiger partial charge in [0.2, 0.25) is 0 Å². The standard InChI is InChI=1S/C7H8.C2H6S2/c1-7-5-3-2-4-6-7;1-3-4-2/h2-6H,1H3;1-2H3. The molecule has 2 heteroatoms. The van der Waals surface area contributed by atoms with Crippen molar-refractivity contribution in [1.29, 1.82) is 0 Å². The van der Waals surface area contributed by atoms with E-state index in [1.165, 1.54) is 5.56 Å². The number of hydrogen-bond donors (Lipinski definition) is 0. The van der Waals surface area contributed by atoms with Gasteiger partial charge in [-0.3, -0.25) is 0 Å². The average Bonchev–Trinajstić information content (AvgIpc) is 2.07. The van der Waals surface area contributed by atoms with Crippen LogP contribution >= 0.6 is 21.6 Å². The molecule has 0 heterocycles. The van der Waals surface area contributed by atoms with Crippen LogP contribution in [-0.2, 0) is 0 Å². The molecule has 0 amide bonds. The lowest BCUT2D eigenvalue weighted by molar-refractivity contribution is 1.48. The minimum atomic E-state index is 1.32. The van der Waals surface area contributed by atoms with Crippen molar-refractivity contribution in [3.05, 3.63) is 35.9 Å². The molecule has 0 unspecified atom stereocenters. The van der Waals surface area contributed by atoms with Crippen molar-refractivity contribution in [2.45, 2.75) is 6.92 Å². The van der Waals surface area contributed by atoms with E-state index < -0.39 is 0 Å². The molecule has 0 atom stereocenters. The summed E-state index contributed by atoms with van der Waals surface area (Å²) in [4.78, 5) is 0. The van der Waals surface area contributed by atoms with Crippen molar-refractivity contribution in [3.8, 4) is 0 Å². The first-order chi connectivity index (χ1) is 5.31. The highest BCUT2D eigenvalue weighted by atomic mass is 33.1. The summed E-state index contributed by atoms with van der Waals surface area (Å²) in [5.74, 6) is 0. The second-order valence-corrected chi connectivity index (χ2v) is 4.65. The molecule has 0 spiro atoms. The lowest BCUT2D eigenvalue weighted by atomic mass is 10.2. The molecule has 11 heavy (non-hydrogen) atoms. The van der Waals surface area contributed by atoms with Gasteiger partial charge in [-0.15, -0.1) is 0 Å². The van der Waals surface area contributed by atoms with E-state index in [1.54, 1.807) is 21.6 Å². The van der Waals surface area contributed by atoms with Crippen LogP contribution in [0.1, 0.15) is 5.56 Å². The smallest absolute Gasteiger partial charge is 0.00793 e. The Kier molecular flexibility index (Phi) is 7.96. The van der Waals surface area contributed by atoms with Gasteiger partial charge in [-0.05, 0) is 19.4 Å². The maximum absolute atomic E-state index is 2.08. The maximum Gasteiger partial charge on any atom is -0.00793 e. The van der Waals surface area contributed by atoms with Gasteiger partial charge in [0.05, 0.1) is 0 Å². The minimum Gasteiger partial charge on any atom is -0.0979 e. The van der Waals surface area contributed by atoms with E-state index in [1.807, 2.05) is 18.2 Å². The first kappa shape index (κ1) is 10.9. The maximum atomic E-state index is 2.08.